The Bertz CT molecular complexity index is 1260. The Hall–Kier alpha value is -3.45. The lowest BCUT2D eigenvalue weighted by Crippen LogP contribution is -2.35. The van der Waals surface area contributed by atoms with Crippen LogP contribution in [0.25, 0.3) is 16.9 Å². The fraction of sp³-hybridized carbons (Fsp3) is 0.136. The Kier molecular flexibility index (Phi) is 4.59. The molecule has 2 atom stereocenters. The van der Waals surface area contributed by atoms with Gasteiger partial charge in [-0.2, -0.15) is 0 Å². The number of benzene rings is 1. The summed E-state index contributed by atoms with van der Waals surface area (Å²) in [6, 6.07) is 6.30. The minimum atomic E-state index is -0.289. The predicted octanol–water partition coefficient (Wildman–Crippen LogP) is 4.29. The third-order valence-corrected chi connectivity index (χ3v) is 5.55. The van der Waals surface area contributed by atoms with Crippen molar-refractivity contribution in [3.63, 3.8) is 0 Å². The van der Waals surface area contributed by atoms with E-state index in [-0.39, 0.29) is 17.9 Å². The number of H-pyrrole nitrogens is 1. The average molecular weight is 421 g/mol. The number of aromatic nitrogens is 4. The van der Waals surface area contributed by atoms with Gasteiger partial charge in [0.1, 0.15) is 17.7 Å². The normalized spacial score (nSPS) is 19.1. The number of anilines is 1. The Balaban J connectivity index is 1.60. The van der Waals surface area contributed by atoms with E-state index < -0.39 is 0 Å². The molecule has 2 aliphatic rings. The number of nitrogens with zero attached hydrogens (tertiary/aromatic N) is 3. The second-order valence-corrected chi connectivity index (χ2v) is 7.56. The van der Waals surface area contributed by atoms with Crippen LogP contribution in [0.3, 0.4) is 0 Å². The molecule has 1 aliphatic heterocycles. The molecule has 0 radical (unpaired) electrons. The highest BCUT2D eigenvalue weighted by Crippen LogP contribution is 2.34. The minimum Gasteiger partial charge on any atom is -0.374 e. The van der Waals surface area contributed by atoms with Crippen LogP contribution < -0.4 is 10.6 Å². The quantitative estimate of drug-likeness (QED) is 0.586. The molecule has 3 N–H and O–H groups in total. The number of halogens is 2. The number of fused-ring (bicyclic) bond motifs is 2. The van der Waals surface area contributed by atoms with E-state index in [1.54, 1.807) is 12.4 Å². The maximum absolute atomic E-state index is 14.0. The number of imidazole rings is 1. The van der Waals surface area contributed by atoms with Gasteiger partial charge in [-0.25, -0.2) is 19.3 Å². The van der Waals surface area contributed by atoms with Gasteiger partial charge >= 0.3 is 0 Å². The fourth-order valence-electron chi connectivity index (χ4n) is 3.75. The maximum Gasteiger partial charge on any atom is 0.162 e. The zero-order valence-corrected chi connectivity index (χ0v) is 16.8. The van der Waals surface area contributed by atoms with Gasteiger partial charge in [0.25, 0.3) is 0 Å². The number of allylic oxidation sites excluding steroid dienone is 2. The highest BCUT2D eigenvalue weighted by molar-refractivity contribution is 6.32. The van der Waals surface area contributed by atoms with E-state index >= 15 is 0 Å². The molecule has 1 unspecified atom stereocenters. The lowest BCUT2D eigenvalue weighted by molar-refractivity contribution is 0.627. The minimum absolute atomic E-state index is 0.0752. The molecule has 6 nitrogen and oxygen atoms in total. The van der Waals surface area contributed by atoms with Gasteiger partial charge in [-0.1, -0.05) is 35.9 Å². The van der Waals surface area contributed by atoms with E-state index in [2.05, 4.69) is 36.6 Å². The van der Waals surface area contributed by atoms with Crippen molar-refractivity contribution in [1.82, 2.24) is 25.3 Å². The van der Waals surface area contributed by atoms with Crippen molar-refractivity contribution < 1.29 is 4.39 Å². The van der Waals surface area contributed by atoms with Crippen molar-refractivity contribution in [2.24, 2.45) is 0 Å². The van der Waals surface area contributed by atoms with Crippen LogP contribution in [0.1, 0.15) is 12.5 Å². The zero-order valence-electron chi connectivity index (χ0n) is 16.0. The predicted molar refractivity (Wildman–Crippen MR) is 116 cm³/mol. The summed E-state index contributed by atoms with van der Waals surface area (Å²) in [6.45, 7) is 2.02. The molecule has 5 rings (SSSR count). The highest BCUT2D eigenvalue weighted by atomic mass is 35.5. The molecule has 0 spiro atoms. The monoisotopic (exact) mass is 420 g/mol. The van der Waals surface area contributed by atoms with Crippen LogP contribution in [-0.2, 0) is 0 Å². The van der Waals surface area contributed by atoms with Crippen molar-refractivity contribution in [3.8, 4) is 0 Å². The molecular formula is C22H18ClFN6. The van der Waals surface area contributed by atoms with Gasteiger partial charge in [0, 0.05) is 16.3 Å². The Morgan fingerprint density at radius 3 is 3.00 bits per heavy atom. The average Bonchev–Trinajstić information content (AvgIpc) is 3.23. The SMILES string of the molecule is C[C@H](Nc1ncnc2[nH]cnc12)C1=C(c2cccc(F)c2)NC2C=CC=C(Cl)C2=C1. The van der Waals surface area contributed by atoms with Crippen molar-refractivity contribution in [2.75, 3.05) is 5.32 Å². The molecule has 2 aromatic heterocycles. The number of nitrogens with one attached hydrogen (secondary N) is 3. The van der Waals surface area contributed by atoms with Crippen molar-refractivity contribution in [2.45, 2.75) is 19.0 Å². The summed E-state index contributed by atoms with van der Waals surface area (Å²) >= 11 is 6.47. The molecular weight excluding hydrogens is 403 g/mol. The van der Waals surface area contributed by atoms with E-state index in [0.717, 1.165) is 22.4 Å². The van der Waals surface area contributed by atoms with Crippen LogP contribution >= 0.6 is 11.6 Å². The first kappa shape index (κ1) is 18.6. The van der Waals surface area contributed by atoms with Gasteiger partial charge in [0.05, 0.1) is 18.4 Å². The second-order valence-electron chi connectivity index (χ2n) is 7.15. The van der Waals surface area contributed by atoms with E-state index in [4.69, 9.17) is 11.6 Å². The molecule has 0 saturated carbocycles. The molecule has 150 valence electrons. The van der Waals surface area contributed by atoms with Gasteiger partial charge in [-0.15, -0.1) is 0 Å². The molecule has 0 amide bonds. The van der Waals surface area contributed by atoms with Crippen molar-refractivity contribution in [1.29, 1.82) is 0 Å². The number of rotatable bonds is 4. The smallest absolute Gasteiger partial charge is 0.162 e. The van der Waals surface area contributed by atoms with Gasteiger partial charge in [-0.05, 0) is 42.4 Å². The first-order valence-electron chi connectivity index (χ1n) is 9.53. The molecule has 0 saturated heterocycles. The molecule has 30 heavy (non-hydrogen) atoms. The second kappa shape index (κ2) is 7.42. The van der Waals surface area contributed by atoms with Gasteiger partial charge in [0.15, 0.2) is 11.5 Å². The molecule has 0 fully saturated rings. The maximum atomic E-state index is 14.0. The molecule has 8 heteroatoms. The van der Waals surface area contributed by atoms with Crippen LogP contribution in [0.15, 0.2) is 77.4 Å². The summed E-state index contributed by atoms with van der Waals surface area (Å²) in [5, 5.41) is 7.61. The van der Waals surface area contributed by atoms with Crippen LogP contribution in [0.5, 0.6) is 0 Å². The van der Waals surface area contributed by atoms with E-state index in [0.29, 0.717) is 22.0 Å². The summed E-state index contributed by atoms with van der Waals surface area (Å²) in [5.74, 6) is 0.327. The lowest BCUT2D eigenvalue weighted by atomic mass is 9.89. The molecule has 0 bridgehead atoms. The molecule has 1 aliphatic carbocycles. The van der Waals surface area contributed by atoms with Gasteiger partial charge in [0.2, 0.25) is 0 Å². The van der Waals surface area contributed by atoms with Gasteiger partial charge < -0.3 is 15.6 Å². The highest BCUT2D eigenvalue weighted by Gasteiger charge is 2.27. The molecule has 3 heterocycles. The van der Waals surface area contributed by atoms with E-state index in [1.807, 2.05) is 31.2 Å². The largest absolute Gasteiger partial charge is 0.374 e. The summed E-state index contributed by atoms with van der Waals surface area (Å²) in [7, 11) is 0. The number of hydrogen-bond acceptors (Lipinski definition) is 5. The summed E-state index contributed by atoms with van der Waals surface area (Å²) < 4.78 is 14.0. The summed E-state index contributed by atoms with van der Waals surface area (Å²) in [5.41, 5.74) is 4.83. The number of aromatic amines is 1. The van der Waals surface area contributed by atoms with Crippen LogP contribution in [0.2, 0.25) is 0 Å². The van der Waals surface area contributed by atoms with Crippen molar-refractivity contribution >= 4 is 34.3 Å². The van der Waals surface area contributed by atoms with Crippen LogP contribution in [-0.4, -0.2) is 32.0 Å². The van der Waals surface area contributed by atoms with Crippen molar-refractivity contribution in [3.05, 3.63) is 88.8 Å². The standard InChI is InChI=1S/C22H18ClFN6/c1-12(29-22-20-21(26-10-25-20)27-11-28-22)15-9-16-17(23)6-3-7-18(16)30-19(15)13-4-2-5-14(24)8-13/h2-12,18,30H,1H3,(H2,25,26,27,28,29)/t12-,18?/m0/s1. The number of dihydropyridines is 1. The van der Waals surface area contributed by atoms with E-state index in [9.17, 15) is 4.39 Å². The fourth-order valence-corrected chi connectivity index (χ4v) is 4.00. The summed E-state index contributed by atoms with van der Waals surface area (Å²) in [4.78, 5) is 15.8. The Morgan fingerprint density at radius 2 is 2.13 bits per heavy atom. The first-order chi connectivity index (χ1) is 14.6. The third kappa shape index (κ3) is 3.27. The van der Waals surface area contributed by atoms with Crippen LogP contribution in [0.4, 0.5) is 10.2 Å². The van der Waals surface area contributed by atoms with E-state index in [1.165, 1.54) is 18.5 Å². The third-order valence-electron chi connectivity index (χ3n) is 5.21. The Morgan fingerprint density at radius 1 is 1.23 bits per heavy atom. The Labute approximate surface area is 177 Å². The van der Waals surface area contributed by atoms with Crippen LogP contribution in [0, 0.1) is 5.82 Å². The number of hydrogen-bond donors (Lipinski definition) is 3. The first-order valence-corrected chi connectivity index (χ1v) is 9.91. The molecule has 3 aromatic rings. The van der Waals surface area contributed by atoms with Gasteiger partial charge in [-0.3, -0.25) is 0 Å². The lowest BCUT2D eigenvalue weighted by Gasteiger charge is -2.32. The summed E-state index contributed by atoms with van der Waals surface area (Å²) in [6.07, 6.45) is 10.9. The topological polar surface area (TPSA) is 78.5 Å². The zero-order chi connectivity index (χ0) is 20.7. The molecule has 1 aromatic carbocycles.